The molecule has 3 aromatic carbocycles. The largest absolute Gasteiger partial charge is 0.512 e. The topological polar surface area (TPSA) is 231 Å². The summed E-state index contributed by atoms with van der Waals surface area (Å²) in [5, 5.41) is 36.9. The average molecular weight is 1060 g/mol. The van der Waals surface area contributed by atoms with Crippen LogP contribution >= 0.6 is 21.6 Å². The van der Waals surface area contributed by atoms with Gasteiger partial charge in [0.2, 0.25) is 11.8 Å². The molecule has 64 heavy (non-hydrogen) atoms. The molecule has 0 radical (unpaired) electrons. The number of nitrogens with one attached hydrogen (secondary N) is 2. The Morgan fingerprint density at radius 3 is 1.52 bits per heavy atom. The van der Waals surface area contributed by atoms with Crippen molar-refractivity contribution in [2.24, 2.45) is 0 Å². The van der Waals surface area contributed by atoms with E-state index in [2.05, 4.69) is 68.5 Å². The zero-order valence-corrected chi connectivity index (χ0v) is 38.2. The van der Waals surface area contributed by atoms with Crippen molar-refractivity contribution < 1.29 is 39.0 Å². The van der Waals surface area contributed by atoms with E-state index in [-0.39, 0.29) is 51.6 Å². The molecule has 17 heteroatoms. The minimum Gasteiger partial charge on any atom is -0.512 e. The molecule has 4 amide bonds. The number of benzene rings is 3. The third kappa shape index (κ3) is 19.8. The van der Waals surface area contributed by atoms with Crippen molar-refractivity contribution in [3.05, 3.63) is 176 Å². The van der Waals surface area contributed by atoms with Gasteiger partial charge in [-0.1, -0.05) is 57.4 Å². The summed E-state index contributed by atoms with van der Waals surface area (Å²) in [5.41, 5.74) is 6.48. The predicted molar refractivity (Wildman–Crippen MR) is 235 cm³/mol. The Hall–Kier alpha value is -7.66. The van der Waals surface area contributed by atoms with Crippen molar-refractivity contribution in [1.82, 2.24) is 20.5 Å². The molecule has 324 valence electrons. The van der Waals surface area contributed by atoms with E-state index in [1.54, 1.807) is 24.5 Å². The van der Waals surface area contributed by atoms with Gasteiger partial charge >= 0.3 is 0 Å². The molecule has 1 saturated heterocycles. The molecule has 4 aromatic rings. The predicted octanol–water partition coefficient (Wildman–Crippen LogP) is 5.22. The minimum absolute atomic E-state index is 0. The molecule has 1 fully saturated rings. The number of carbonyl (C=O) groups excluding carboxylic acids is 4. The zero-order valence-electron chi connectivity index (χ0n) is 34.0. The Labute approximate surface area is 395 Å². The van der Waals surface area contributed by atoms with E-state index < -0.39 is 23.8 Å². The number of hydrogen-bond donors (Lipinski definition) is 2. The zero-order chi connectivity index (χ0) is 46.8. The van der Waals surface area contributed by atoms with Gasteiger partial charge in [-0.15, -0.1) is 0 Å². The first kappa shape index (κ1) is 56.3. The standard InChI is InChI=1S/C42H37N5O4S2.5CN.Os/c48-39(21-24-47-40(49)17-18-41(47)50)45-38(42(51)44-30-36-19-22-43-23-20-36)29-35-11-9-33(10-12-35)6-5-31-1-3-32(4-2-31)7-8-34-13-15-37(16-14-34)46-25-27-52-53-28-26-46;5*1-2;/h1-4,9-20,22-23,38H,21,24-30H2,(H,44,51)(H,45,48);;;;;;/q;5*-1;. The molecule has 0 saturated carbocycles. The number of imide groups is 1. The first-order valence-corrected chi connectivity index (χ1v) is 20.8. The van der Waals surface area contributed by atoms with Crippen LogP contribution < -0.4 is 15.5 Å². The smallest absolute Gasteiger partial charge is 0.253 e. The van der Waals surface area contributed by atoms with Crippen molar-refractivity contribution >= 4 is 50.9 Å². The number of hydrogen-bond acceptors (Lipinski definition) is 13. The Balaban J connectivity index is 0.00000337. The van der Waals surface area contributed by atoms with Crippen LogP contribution in [0.15, 0.2) is 109 Å². The Morgan fingerprint density at radius 2 is 1.06 bits per heavy atom. The van der Waals surface area contributed by atoms with Crippen molar-refractivity contribution in [1.29, 1.82) is 26.3 Å². The van der Waals surface area contributed by atoms with Crippen LogP contribution in [0.2, 0.25) is 0 Å². The molecule has 1 unspecified atom stereocenters. The van der Waals surface area contributed by atoms with Crippen LogP contribution in [-0.2, 0) is 51.9 Å². The second kappa shape index (κ2) is 34.0. The molecule has 0 aliphatic carbocycles. The first-order valence-electron chi connectivity index (χ1n) is 18.3. The summed E-state index contributed by atoms with van der Waals surface area (Å²) in [7, 11) is 3.88. The maximum absolute atomic E-state index is 13.3. The van der Waals surface area contributed by atoms with Crippen molar-refractivity contribution in [2.75, 3.05) is 36.0 Å². The molecular formula is C47H37N10O4OsS2-5. The fourth-order valence-electron chi connectivity index (χ4n) is 5.58. The number of nitrogens with zero attached hydrogens (tertiary/aromatic N) is 8. The third-order valence-electron chi connectivity index (χ3n) is 8.52. The van der Waals surface area contributed by atoms with E-state index in [1.165, 1.54) is 17.8 Å². The van der Waals surface area contributed by atoms with Crippen LogP contribution in [0, 0.1) is 82.9 Å². The second-order valence-corrected chi connectivity index (χ2v) is 15.0. The van der Waals surface area contributed by atoms with Crippen LogP contribution in [0.1, 0.15) is 39.8 Å². The second-order valence-electron chi connectivity index (χ2n) is 12.3. The minimum atomic E-state index is -0.881. The Morgan fingerprint density at radius 1 is 0.641 bits per heavy atom. The van der Waals surface area contributed by atoms with E-state index in [0.29, 0.717) is 0 Å². The summed E-state index contributed by atoms with van der Waals surface area (Å²) in [4.78, 5) is 57.3. The molecule has 14 nitrogen and oxygen atoms in total. The van der Waals surface area contributed by atoms with Crippen LogP contribution in [-0.4, -0.2) is 70.7 Å². The van der Waals surface area contributed by atoms with Crippen molar-refractivity contribution in [3.63, 3.8) is 0 Å². The van der Waals surface area contributed by atoms with E-state index >= 15 is 0 Å². The van der Waals surface area contributed by atoms with E-state index in [0.717, 1.165) is 62.9 Å². The number of rotatable bonds is 10. The SMILES string of the molecule is O=C(CCN1C(=O)C=CC1=O)NC(Cc1ccc(C#Cc2ccc(C#Cc3ccc(N4CCSSCC4)cc3)cc2)cc1)C(=O)NCc1ccncc1.[C-]#N.[C-]#N.[C-]#N.[C-]#N.[C-]#N.[Os]. The molecule has 3 heterocycles. The quantitative estimate of drug-likeness (QED) is 0.0900. The van der Waals surface area contributed by atoms with E-state index in [1.807, 2.05) is 70.1 Å². The third-order valence-corrected chi connectivity index (χ3v) is 10.9. The molecule has 1 atom stereocenters. The van der Waals surface area contributed by atoms with E-state index in [4.69, 9.17) is 59.2 Å². The fourth-order valence-corrected chi connectivity index (χ4v) is 7.56. The van der Waals surface area contributed by atoms with Crippen LogP contribution in [0.25, 0.3) is 0 Å². The summed E-state index contributed by atoms with van der Waals surface area (Å²) in [6.45, 7) is 26.1. The summed E-state index contributed by atoms with van der Waals surface area (Å²) in [6.07, 6.45) is 5.73. The molecule has 0 spiro atoms. The van der Waals surface area contributed by atoms with E-state index in [9.17, 15) is 19.2 Å². The van der Waals surface area contributed by atoms with Crippen LogP contribution in [0.4, 0.5) is 5.69 Å². The van der Waals surface area contributed by atoms with Crippen molar-refractivity contribution in [3.8, 4) is 23.7 Å². The monoisotopic (exact) mass is 1060 g/mol. The van der Waals surface area contributed by atoms with Gasteiger partial charge in [-0.25, -0.2) is 0 Å². The fraction of sp³-hybridized carbons (Fsp3) is 0.191. The van der Waals surface area contributed by atoms with Gasteiger partial charge in [0.05, 0.1) is 0 Å². The van der Waals surface area contributed by atoms with Crippen LogP contribution in [0.3, 0.4) is 0 Å². The summed E-state index contributed by atoms with van der Waals surface area (Å²) < 4.78 is 0. The molecule has 0 bridgehead atoms. The van der Waals surface area contributed by atoms with Crippen molar-refractivity contribution in [2.45, 2.75) is 25.4 Å². The van der Waals surface area contributed by atoms with Gasteiger partial charge in [-0.3, -0.25) is 29.1 Å². The maximum atomic E-state index is 13.3. The molecule has 6 rings (SSSR count). The molecule has 2 aliphatic heterocycles. The summed E-state index contributed by atoms with van der Waals surface area (Å²) >= 11 is 0. The van der Waals surface area contributed by atoms with Gasteiger partial charge in [-0.2, -0.15) is 0 Å². The molecule has 2 aliphatic rings. The van der Waals surface area contributed by atoms with Gasteiger partial charge in [0.15, 0.2) is 0 Å². The number of anilines is 1. The number of amides is 4. The van der Waals surface area contributed by atoms with Gasteiger partial charge < -0.3 is 74.7 Å². The van der Waals surface area contributed by atoms with Crippen LogP contribution in [0.5, 0.6) is 0 Å². The van der Waals surface area contributed by atoms with Gasteiger partial charge in [-0.05, 0) is 83.9 Å². The maximum Gasteiger partial charge on any atom is 0.253 e. The summed E-state index contributed by atoms with van der Waals surface area (Å²) in [6, 6.07) is 26.5. The number of carbonyl (C=O) groups is 4. The Bertz CT molecular complexity index is 2280. The Kier molecular flexibility index (Phi) is 29.9. The average Bonchev–Trinajstić information content (AvgIpc) is 3.49. The molecular weight excluding hydrogens is 1020 g/mol. The first-order chi connectivity index (χ1) is 30.9. The van der Waals surface area contributed by atoms with Gasteiger partial charge in [0.1, 0.15) is 6.04 Å². The normalized spacial score (nSPS) is 12.0. The van der Waals surface area contributed by atoms with Gasteiger partial charge in [0, 0.05) is 123 Å². The molecule has 1 aromatic heterocycles. The van der Waals surface area contributed by atoms with Gasteiger partial charge in [0.25, 0.3) is 11.8 Å². The summed E-state index contributed by atoms with van der Waals surface area (Å²) in [5.74, 6) is 13.4. The molecule has 2 N–H and O–H groups in total. The number of pyridine rings is 1. The number of aromatic nitrogens is 1.